The lowest BCUT2D eigenvalue weighted by Crippen LogP contribution is -2.47. The molecular formula is C61H116N2O7P+. The average Bonchev–Trinajstić information content (AvgIpc) is 3.33. The highest BCUT2D eigenvalue weighted by atomic mass is 31.2. The molecule has 0 saturated heterocycles. The number of nitrogens with one attached hydrogen (secondary N) is 1. The molecule has 0 aliphatic carbocycles. The van der Waals surface area contributed by atoms with E-state index in [2.05, 4.69) is 62.5 Å². The van der Waals surface area contributed by atoms with Crippen LogP contribution in [0.25, 0.3) is 0 Å². The van der Waals surface area contributed by atoms with Crippen molar-refractivity contribution in [1.82, 2.24) is 5.32 Å². The minimum Gasteiger partial charge on any atom is -0.456 e. The summed E-state index contributed by atoms with van der Waals surface area (Å²) in [6.07, 6.45) is 62.5. The molecular weight excluding hydrogens is 904 g/mol. The van der Waals surface area contributed by atoms with Crippen LogP contribution in [-0.2, 0) is 27.9 Å². The quantitative estimate of drug-likeness (QED) is 0.0156. The Hall–Kier alpha value is -2.03. The van der Waals surface area contributed by atoms with Crippen LogP contribution in [-0.4, -0.2) is 74.3 Å². The first-order chi connectivity index (χ1) is 34.4. The number of allylic oxidation sites excluding steroid dienone is 7. The highest BCUT2D eigenvalue weighted by molar-refractivity contribution is 7.47. The number of esters is 1. The Bertz CT molecular complexity index is 1360. The zero-order chi connectivity index (χ0) is 52.2. The van der Waals surface area contributed by atoms with Crippen molar-refractivity contribution in [3.63, 3.8) is 0 Å². The SMILES string of the molecule is CCCCCCCC/C=C/CCCCCCCCCC(=O)OC(/C=C/CCCCCCCCCCCC)C(COP(=O)(O)OCC[N+](C)(C)C)NC(=O)CCCCC/C=C/C=C/CCCCCCCCC. The normalized spacial score (nSPS) is 14.1. The van der Waals surface area contributed by atoms with E-state index in [-0.39, 0.29) is 31.5 Å². The van der Waals surface area contributed by atoms with Crippen molar-refractivity contribution < 1.29 is 37.3 Å². The van der Waals surface area contributed by atoms with E-state index in [0.29, 0.717) is 23.9 Å². The van der Waals surface area contributed by atoms with Gasteiger partial charge in [-0.15, -0.1) is 0 Å². The van der Waals surface area contributed by atoms with Crippen molar-refractivity contribution in [1.29, 1.82) is 0 Å². The van der Waals surface area contributed by atoms with Gasteiger partial charge in [0, 0.05) is 12.8 Å². The van der Waals surface area contributed by atoms with Gasteiger partial charge in [0.2, 0.25) is 5.91 Å². The molecule has 3 atom stereocenters. The lowest BCUT2D eigenvalue weighted by molar-refractivity contribution is -0.870. The van der Waals surface area contributed by atoms with Gasteiger partial charge in [-0.3, -0.25) is 18.6 Å². The van der Waals surface area contributed by atoms with E-state index >= 15 is 0 Å². The summed E-state index contributed by atoms with van der Waals surface area (Å²) in [6.45, 7) is 6.99. The highest BCUT2D eigenvalue weighted by Crippen LogP contribution is 2.43. The van der Waals surface area contributed by atoms with Crippen LogP contribution >= 0.6 is 7.82 Å². The van der Waals surface area contributed by atoms with Crippen molar-refractivity contribution in [3.8, 4) is 0 Å². The Morgan fingerprint density at radius 1 is 0.493 bits per heavy atom. The summed E-state index contributed by atoms with van der Waals surface area (Å²) in [5.74, 6) is -0.535. The van der Waals surface area contributed by atoms with Gasteiger partial charge in [0.25, 0.3) is 0 Å². The summed E-state index contributed by atoms with van der Waals surface area (Å²) in [7, 11) is 1.48. The Morgan fingerprint density at radius 3 is 1.30 bits per heavy atom. The Morgan fingerprint density at radius 2 is 0.859 bits per heavy atom. The van der Waals surface area contributed by atoms with Gasteiger partial charge in [-0.1, -0.05) is 230 Å². The number of ether oxygens (including phenoxy) is 1. The van der Waals surface area contributed by atoms with E-state index in [0.717, 1.165) is 77.0 Å². The van der Waals surface area contributed by atoms with Gasteiger partial charge in [0.15, 0.2) is 0 Å². The minimum atomic E-state index is -4.45. The summed E-state index contributed by atoms with van der Waals surface area (Å²) >= 11 is 0. The summed E-state index contributed by atoms with van der Waals surface area (Å²) in [6, 6.07) is -0.862. The second kappa shape index (κ2) is 51.5. The third-order valence-corrected chi connectivity index (χ3v) is 14.3. The lowest BCUT2D eigenvalue weighted by Gasteiger charge is -2.27. The Kier molecular flexibility index (Phi) is 50.0. The number of unbranched alkanes of at least 4 members (excludes halogenated alkanes) is 33. The molecule has 0 aromatic carbocycles. The topological polar surface area (TPSA) is 111 Å². The molecule has 0 fully saturated rings. The molecule has 416 valence electrons. The van der Waals surface area contributed by atoms with Crippen molar-refractivity contribution in [2.75, 3.05) is 40.9 Å². The molecule has 2 N–H and O–H groups in total. The maximum Gasteiger partial charge on any atom is 0.472 e. The molecule has 0 saturated carbocycles. The minimum absolute atomic E-state index is 0.0346. The summed E-state index contributed by atoms with van der Waals surface area (Å²) < 4.78 is 30.6. The van der Waals surface area contributed by atoms with Crippen LogP contribution in [0.4, 0.5) is 0 Å². The second-order valence-corrected chi connectivity index (χ2v) is 23.0. The molecule has 0 aromatic heterocycles. The number of carbonyl (C=O) groups is 2. The van der Waals surface area contributed by atoms with Gasteiger partial charge in [0.05, 0.1) is 33.8 Å². The molecule has 0 rings (SSSR count). The zero-order valence-electron chi connectivity index (χ0n) is 47.5. The fourth-order valence-corrected chi connectivity index (χ4v) is 9.31. The lowest BCUT2D eigenvalue weighted by atomic mass is 10.0. The molecule has 0 aromatic rings. The van der Waals surface area contributed by atoms with Crippen LogP contribution in [0.1, 0.15) is 278 Å². The Labute approximate surface area is 439 Å². The average molecular weight is 1020 g/mol. The van der Waals surface area contributed by atoms with Crippen LogP contribution in [0.15, 0.2) is 48.6 Å². The van der Waals surface area contributed by atoms with Gasteiger partial charge in [-0.2, -0.15) is 0 Å². The third kappa shape index (κ3) is 52.6. The number of nitrogens with zero attached hydrogens (tertiary/aromatic N) is 1. The van der Waals surface area contributed by atoms with Gasteiger partial charge >= 0.3 is 13.8 Å². The van der Waals surface area contributed by atoms with Crippen molar-refractivity contribution in [2.45, 2.75) is 290 Å². The summed E-state index contributed by atoms with van der Waals surface area (Å²) in [5, 5.41) is 3.04. The van der Waals surface area contributed by atoms with E-state index in [1.807, 2.05) is 33.3 Å². The fraction of sp³-hybridized carbons (Fsp3) is 0.836. The van der Waals surface area contributed by atoms with Crippen molar-refractivity contribution in [3.05, 3.63) is 48.6 Å². The smallest absolute Gasteiger partial charge is 0.456 e. The first-order valence-electron chi connectivity index (χ1n) is 30.0. The molecule has 71 heavy (non-hydrogen) atoms. The second-order valence-electron chi connectivity index (χ2n) is 21.5. The van der Waals surface area contributed by atoms with Crippen LogP contribution < -0.4 is 5.32 Å². The number of phosphoric acid groups is 1. The molecule has 0 heterocycles. The maximum atomic E-state index is 13.5. The zero-order valence-corrected chi connectivity index (χ0v) is 48.4. The van der Waals surface area contributed by atoms with Crippen LogP contribution in [0.5, 0.6) is 0 Å². The number of likely N-dealkylation sites (N-methyl/N-ethyl adjacent to an activating group) is 1. The summed E-state index contributed by atoms with van der Waals surface area (Å²) in [4.78, 5) is 37.6. The standard InChI is InChI=1S/C61H115N2O7P/c1-7-10-13-16-19-22-25-28-30-32-34-36-39-42-45-48-51-54-61(65)70-59(52-49-46-43-40-37-27-24-21-18-15-12-9-3)58(57-69-71(66,67)68-56-55-63(4,5)6)62-60(64)53-50-47-44-41-38-35-33-31-29-26-23-20-17-14-11-8-2/h28,30-31,33,35,38,49,52,58-59H,7-27,29,32,34,36-37,39-48,50-51,53-57H2,1-6H3,(H-,62,64,66,67)/p+1/b30-28+,33-31+,38-35+,52-49+. The summed E-state index contributed by atoms with van der Waals surface area (Å²) in [5.41, 5.74) is 0. The molecule has 0 bridgehead atoms. The van der Waals surface area contributed by atoms with Crippen LogP contribution in [0.3, 0.4) is 0 Å². The van der Waals surface area contributed by atoms with E-state index in [1.165, 1.54) is 161 Å². The van der Waals surface area contributed by atoms with Gasteiger partial charge in [0.1, 0.15) is 19.3 Å². The van der Waals surface area contributed by atoms with Crippen LogP contribution in [0, 0.1) is 0 Å². The molecule has 0 spiro atoms. The number of hydrogen-bond donors (Lipinski definition) is 2. The predicted molar refractivity (Wildman–Crippen MR) is 305 cm³/mol. The van der Waals surface area contributed by atoms with Crippen molar-refractivity contribution >= 4 is 19.7 Å². The number of hydrogen-bond acceptors (Lipinski definition) is 6. The van der Waals surface area contributed by atoms with E-state index < -0.39 is 20.0 Å². The monoisotopic (exact) mass is 1020 g/mol. The molecule has 0 aliphatic rings. The number of phosphoric ester groups is 1. The van der Waals surface area contributed by atoms with Crippen molar-refractivity contribution in [2.24, 2.45) is 0 Å². The van der Waals surface area contributed by atoms with E-state index in [1.54, 1.807) is 0 Å². The molecule has 1 amide bonds. The largest absolute Gasteiger partial charge is 0.472 e. The third-order valence-electron chi connectivity index (χ3n) is 13.3. The number of rotatable bonds is 54. The van der Waals surface area contributed by atoms with Gasteiger partial charge < -0.3 is 19.4 Å². The van der Waals surface area contributed by atoms with Crippen LogP contribution in [0.2, 0.25) is 0 Å². The molecule has 0 aliphatic heterocycles. The molecule has 3 unspecified atom stereocenters. The Balaban J connectivity index is 5.35. The number of carbonyl (C=O) groups excluding carboxylic acids is 2. The number of amides is 1. The molecule has 10 heteroatoms. The number of quaternary nitrogens is 1. The van der Waals surface area contributed by atoms with Gasteiger partial charge in [-0.05, 0) is 83.1 Å². The van der Waals surface area contributed by atoms with E-state index in [4.69, 9.17) is 13.8 Å². The highest BCUT2D eigenvalue weighted by Gasteiger charge is 2.30. The maximum absolute atomic E-state index is 13.5. The van der Waals surface area contributed by atoms with Gasteiger partial charge in [-0.25, -0.2) is 4.57 Å². The fourth-order valence-electron chi connectivity index (χ4n) is 8.57. The van der Waals surface area contributed by atoms with E-state index in [9.17, 15) is 19.0 Å². The first kappa shape index (κ1) is 69.0. The predicted octanol–water partition coefficient (Wildman–Crippen LogP) is 18.1. The molecule has 0 radical (unpaired) electrons. The molecule has 9 nitrogen and oxygen atoms in total. The first-order valence-corrected chi connectivity index (χ1v) is 31.5.